The van der Waals surface area contributed by atoms with Gasteiger partial charge in [0.2, 0.25) is 0 Å². The lowest BCUT2D eigenvalue weighted by Crippen LogP contribution is -1.97. The lowest BCUT2D eigenvalue weighted by molar-refractivity contribution is 0.276. The van der Waals surface area contributed by atoms with E-state index in [2.05, 4.69) is 4.98 Å². The van der Waals surface area contributed by atoms with Crippen LogP contribution < -0.4 is 4.74 Å². The molecule has 0 atom stereocenters. The van der Waals surface area contributed by atoms with Crippen molar-refractivity contribution in [1.29, 1.82) is 0 Å². The first-order valence-electron chi connectivity index (χ1n) is 5.05. The predicted octanol–water partition coefficient (Wildman–Crippen LogP) is 2.25. The Morgan fingerprint density at radius 2 is 1.94 bits per heavy atom. The molecular formula is C13H13NO2. The van der Waals surface area contributed by atoms with Crippen LogP contribution in [0.15, 0.2) is 42.6 Å². The summed E-state index contributed by atoms with van der Waals surface area (Å²) in [4.78, 5) is 4.15. The normalized spacial score (nSPS) is 10.1. The first kappa shape index (κ1) is 10.6. The zero-order valence-electron chi connectivity index (χ0n) is 9.05. The van der Waals surface area contributed by atoms with Crippen LogP contribution in [0.2, 0.25) is 0 Å². The lowest BCUT2D eigenvalue weighted by Gasteiger charge is -2.11. The van der Waals surface area contributed by atoms with Crippen LogP contribution in [0.3, 0.4) is 0 Å². The molecule has 82 valence electrons. The van der Waals surface area contributed by atoms with Gasteiger partial charge in [-0.05, 0) is 11.6 Å². The van der Waals surface area contributed by atoms with E-state index in [1.807, 2.05) is 30.3 Å². The summed E-state index contributed by atoms with van der Waals surface area (Å²) in [5, 5.41) is 9.28. The molecule has 1 aromatic carbocycles. The molecule has 0 aliphatic rings. The van der Waals surface area contributed by atoms with Crippen molar-refractivity contribution in [3.63, 3.8) is 0 Å². The molecule has 0 saturated carbocycles. The Labute approximate surface area is 94.3 Å². The van der Waals surface area contributed by atoms with Gasteiger partial charge >= 0.3 is 0 Å². The maximum atomic E-state index is 9.28. The van der Waals surface area contributed by atoms with Crippen molar-refractivity contribution in [1.82, 2.24) is 4.98 Å². The molecule has 0 radical (unpaired) electrons. The van der Waals surface area contributed by atoms with Crippen LogP contribution in [0.25, 0.3) is 11.1 Å². The molecule has 1 aromatic heterocycles. The van der Waals surface area contributed by atoms with Crippen molar-refractivity contribution in [2.75, 3.05) is 7.11 Å². The van der Waals surface area contributed by atoms with E-state index >= 15 is 0 Å². The Morgan fingerprint density at radius 3 is 2.56 bits per heavy atom. The van der Waals surface area contributed by atoms with Gasteiger partial charge in [0.1, 0.15) is 5.75 Å². The van der Waals surface area contributed by atoms with Crippen LogP contribution >= 0.6 is 0 Å². The molecule has 0 aliphatic carbocycles. The van der Waals surface area contributed by atoms with E-state index in [1.54, 1.807) is 19.4 Å². The molecule has 0 fully saturated rings. The summed E-state index contributed by atoms with van der Waals surface area (Å²) in [6.45, 7) is -0.0958. The smallest absolute Gasteiger partial charge is 0.130 e. The van der Waals surface area contributed by atoms with Gasteiger partial charge in [0.25, 0.3) is 0 Å². The van der Waals surface area contributed by atoms with Gasteiger partial charge in [0, 0.05) is 11.8 Å². The zero-order valence-corrected chi connectivity index (χ0v) is 9.05. The summed E-state index contributed by atoms with van der Waals surface area (Å²) in [5.41, 5.74) is 2.48. The molecule has 16 heavy (non-hydrogen) atoms. The molecule has 1 heterocycles. The molecular weight excluding hydrogens is 202 g/mol. The summed E-state index contributed by atoms with van der Waals surface area (Å²) in [6, 6.07) is 11.6. The number of aromatic nitrogens is 1. The van der Waals surface area contributed by atoms with Crippen molar-refractivity contribution in [2.24, 2.45) is 0 Å². The van der Waals surface area contributed by atoms with Crippen molar-refractivity contribution in [3.05, 3.63) is 48.3 Å². The second kappa shape index (κ2) is 4.77. The first-order chi connectivity index (χ1) is 7.86. The fourth-order valence-electron chi connectivity index (χ4n) is 1.69. The molecule has 0 amide bonds. The van der Waals surface area contributed by atoms with E-state index in [0.717, 1.165) is 16.9 Å². The number of pyridine rings is 1. The number of hydrogen-bond acceptors (Lipinski definition) is 3. The Bertz CT molecular complexity index is 446. The SMILES string of the molecule is COc1ccnc(CO)c1-c1ccccc1. The van der Waals surface area contributed by atoms with E-state index in [4.69, 9.17) is 4.74 Å². The lowest BCUT2D eigenvalue weighted by atomic mass is 10.0. The number of aliphatic hydroxyl groups is 1. The van der Waals surface area contributed by atoms with Crippen LogP contribution in [-0.2, 0) is 6.61 Å². The molecule has 0 saturated heterocycles. The van der Waals surface area contributed by atoms with Gasteiger partial charge in [0.05, 0.1) is 19.4 Å². The fraction of sp³-hybridized carbons (Fsp3) is 0.154. The molecule has 0 bridgehead atoms. The number of aliphatic hydroxyl groups excluding tert-OH is 1. The van der Waals surface area contributed by atoms with Gasteiger partial charge in [-0.25, -0.2) is 0 Å². The minimum Gasteiger partial charge on any atom is -0.496 e. The van der Waals surface area contributed by atoms with Gasteiger partial charge in [-0.1, -0.05) is 30.3 Å². The van der Waals surface area contributed by atoms with E-state index in [0.29, 0.717) is 5.69 Å². The van der Waals surface area contributed by atoms with Crippen molar-refractivity contribution in [2.45, 2.75) is 6.61 Å². The summed E-state index contributed by atoms with van der Waals surface area (Å²) in [7, 11) is 1.61. The first-order valence-corrected chi connectivity index (χ1v) is 5.05. The van der Waals surface area contributed by atoms with Crippen LogP contribution in [-0.4, -0.2) is 17.2 Å². The molecule has 0 aliphatic heterocycles. The van der Waals surface area contributed by atoms with Crippen molar-refractivity contribution < 1.29 is 9.84 Å². The van der Waals surface area contributed by atoms with Crippen molar-refractivity contribution >= 4 is 0 Å². The largest absolute Gasteiger partial charge is 0.496 e. The molecule has 3 nitrogen and oxygen atoms in total. The quantitative estimate of drug-likeness (QED) is 0.853. The monoisotopic (exact) mass is 215 g/mol. The third kappa shape index (κ3) is 1.90. The molecule has 0 unspecified atom stereocenters. The third-order valence-electron chi connectivity index (χ3n) is 2.42. The number of rotatable bonds is 3. The Morgan fingerprint density at radius 1 is 1.19 bits per heavy atom. The highest BCUT2D eigenvalue weighted by molar-refractivity contribution is 5.72. The average Bonchev–Trinajstić information content (AvgIpc) is 2.38. The maximum absolute atomic E-state index is 9.28. The minimum atomic E-state index is -0.0958. The Balaban J connectivity index is 2.62. The fourth-order valence-corrected chi connectivity index (χ4v) is 1.69. The standard InChI is InChI=1S/C13H13NO2/c1-16-12-7-8-14-11(9-15)13(12)10-5-3-2-4-6-10/h2-8,15H,9H2,1H3. The molecule has 2 aromatic rings. The number of benzene rings is 1. The summed E-state index contributed by atoms with van der Waals surface area (Å²) in [5.74, 6) is 0.727. The molecule has 1 N–H and O–H groups in total. The Kier molecular flexibility index (Phi) is 3.17. The second-order valence-electron chi connectivity index (χ2n) is 3.36. The van der Waals surface area contributed by atoms with Gasteiger partial charge in [-0.2, -0.15) is 0 Å². The van der Waals surface area contributed by atoms with E-state index < -0.39 is 0 Å². The molecule has 3 heteroatoms. The van der Waals surface area contributed by atoms with Crippen LogP contribution in [0, 0.1) is 0 Å². The second-order valence-corrected chi connectivity index (χ2v) is 3.36. The Hall–Kier alpha value is -1.87. The van der Waals surface area contributed by atoms with Crippen molar-refractivity contribution in [3.8, 4) is 16.9 Å². The predicted molar refractivity (Wildman–Crippen MR) is 62.1 cm³/mol. The zero-order chi connectivity index (χ0) is 11.4. The average molecular weight is 215 g/mol. The summed E-state index contributed by atoms with van der Waals surface area (Å²) < 4.78 is 5.29. The number of hydrogen-bond donors (Lipinski definition) is 1. The number of methoxy groups -OCH3 is 1. The van der Waals surface area contributed by atoms with E-state index in [9.17, 15) is 5.11 Å². The number of nitrogens with zero attached hydrogens (tertiary/aromatic N) is 1. The highest BCUT2D eigenvalue weighted by atomic mass is 16.5. The van der Waals surface area contributed by atoms with Crippen LogP contribution in [0.1, 0.15) is 5.69 Å². The molecule has 2 rings (SSSR count). The van der Waals surface area contributed by atoms with Crippen LogP contribution in [0.4, 0.5) is 0 Å². The maximum Gasteiger partial charge on any atom is 0.130 e. The summed E-state index contributed by atoms with van der Waals surface area (Å²) >= 11 is 0. The minimum absolute atomic E-state index is 0.0958. The van der Waals surface area contributed by atoms with E-state index in [-0.39, 0.29) is 6.61 Å². The van der Waals surface area contributed by atoms with Gasteiger partial charge < -0.3 is 9.84 Å². The number of ether oxygens (including phenoxy) is 1. The summed E-state index contributed by atoms with van der Waals surface area (Å²) in [6.07, 6.45) is 1.64. The topological polar surface area (TPSA) is 42.4 Å². The van der Waals surface area contributed by atoms with Crippen LogP contribution in [0.5, 0.6) is 5.75 Å². The van der Waals surface area contributed by atoms with Gasteiger partial charge in [0.15, 0.2) is 0 Å². The van der Waals surface area contributed by atoms with E-state index in [1.165, 1.54) is 0 Å². The highest BCUT2D eigenvalue weighted by Crippen LogP contribution is 2.31. The molecule has 0 spiro atoms. The van der Waals surface area contributed by atoms with Gasteiger partial charge in [-0.3, -0.25) is 4.98 Å². The highest BCUT2D eigenvalue weighted by Gasteiger charge is 2.11. The third-order valence-corrected chi connectivity index (χ3v) is 2.42. The van der Waals surface area contributed by atoms with Gasteiger partial charge in [-0.15, -0.1) is 0 Å².